The van der Waals surface area contributed by atoms with E-state index in [-0.39, 0.29) is 0 Å². The molecule has 0 radical (unpaired) electrons. The quantitative estimate of drug-likeness (QED) is 0.588. The predicted molar refractivity (Wildman–Crippen MR) is 39.5 cm³/mol. The Bertz CT molecular complexity index is 89.7. The molecule has 0 aromatic rings. The standard InChI is InChI=1S/C6H13N.CH2F2O/c1-6-4-3-5-7(6)2;2-1(3)4/h6H,3-5H2,1-2H3;1,4H. The summed E-state index contributed by atoms with van der Waals surface area (Å²) in [5.41, 5.74) is 0. The van der Waals surface area contributed by atoms with E-state index in [0.29, 0.717) is 0 Å². The van der Waals surface area contributed by atoms with Crippen molar-refractivity contribution in [1.29, 1.82) is 0 Å². The minimum absolute atomic E-state index is 0.847. The number of hydrogen-bond donors (Lipinski definition) is 1. The van der Waals surface area contributed by atoms with Crippen LogP contribution in [0, 0.1) is 0 Å². The lowest BCUT2D eigenvalue weighted by Crippen LogP contribution is -2.20. The van der Waals surface area contributed by atoms with Gasteiger partial charge < -0.3 is 10.0 Å². The van der Waals surface area contributed by atoms with E-state index in [1.165, 1.54) is 19.4 Å². The first-order valence-corrected chi connectivity index (χ1v) is 3.70. The van der Waals surface area contributed by atoms with Crippen LogP contribution in [0.4, 0.5) is 8.78 Å². The van der Waals surface area contributed by atoms with Crippen LogP contribution in [-0.4, -0.2) is 36.3 Å². The first-order chi connectivity index (χ1) is 5.04. The van der Waals surface area contributed by atoms with Gasteiger partial charge in [0.2, 0.25) is 0 Å². The fourth-order valence-electron chi connectivity index (χ4n) is 1.08. The van der Waals surface area contributed by atoms with Crippen LogP contribution in [-0.2, 0) is 0 Å². The summed E-state index contributed by atoms with van der Waals surface area (Å²) < 4.78 is 19.8. The molecule has 1 unspecified atom stereocenters. The largest absolute Gasteiger partial charge is 0.342 e. The van der Waals surface area contributed by atoms with Gasteiger partial charge in [-0.3, -0.25) is 0 Å². The van der Waals surface area contributed by atoms with Crippen LogP contribution in [0.15, 0.2) is 0 Å². The lowest BCUT2D eigenvalue weighted by atomic mass is 10.3. The normalized spacial score (nSPS) is 25.1. The highest BCUT2D eigenvalue weighted by Crippen LogP contribution is 2.12. The molecule has 0 bridgehead atoms. The topological polar surface area (TPSA) is 23.5 Å². The summed E-state index contributed by atoms with van der Waals surface area (Å²) in [6.07, 6.45) is 2.80. The zero-order valence-corrected chi connectivity index (χ0v) is 6.93. The van der Waals surface area contributed by atoms with Crippen LogP contribution in [0.1, 0.15) is 19.8 Å². The molecule has 11 heavy (non-hydrogen) atoms. The minimum Gasteiger partial charge on any atom is -0.339 e. The average Bonchev–Trinajstić information content (AvgIpc) is 2.15. The molecule has 0 aliphatic carbocycles. The lowest BCUT2D eigenvalue weighted by molar-refractivity contribution is -0.0728. The molecule has 1 rings (SSSR count). The third-order valence-electron chi connectivity index (χ3n) is 1.89. The summed E-state index contributed by atoms with van der Waals surface area (Å²) in [4.78, 5) is 2.40. The van der Waals surface area contributed by atoms with Crippen molar-refractivity contribution in [2.45, 2.75) is 32.4 Å². The maximum Gasteiger partial charge on any atom is 0.342 e. The molecule has 1 aliphatic heterocycles. The van der Waals surface area contributed by atoms with Gasteiger partial charge in [-0.15, -0.1) is 0 Å². The number of hydrogen-bond acceptors (Lipinski definition) is 2. The first-order valence-electron chi connectivity index (χ1n) is 3.70. The molecular formula is C7H15F2NO. The fraction of sp³-hybridized carbons (Fsp3) is 1.00. The molecule has 1 N–H and O–H groups in total. The van der Waals surface area contributed by atoms with Gasteiger partial charge in [0, 0.05) is 6.04 Å². The molecule has 4 heteroatoms. The zero-order chi connectivity index (χ0) is 8.85. The molecule has 1 heterocycles. The minimum atomic E-state index is -3.17. The van der Waals surface area contributed by atoms with Crippen molar-refractivity contribution in [2.75, 3.05) is 13.6 Å². The number of likely N-dealkylation sites (tertiary alicyclic amines) is 1. The van der Waals surface area contributed by atoms with E-state index in [0.717, 1.165) is 6.04 Å². The Morgan fingerprint density at radius 3 is 2.09 bits per heavy atom. The summed E-state index contributed by atoms with van der Waals surface area (Å²) >= 11 is 0. The van der Waals surface area contributed by atoms with Crippen molar-refractivity contribution >= 4 is 0 Å². The fourth-order valence-corrected chi connectivity index (χ4v) is 1.08. The molecule has 0 aromatic heterocycles. The molecule has 1 aliphatic rings. The van der Waals surface area contributed by atoms with Crippen LogP contribution in [0.25, 0.3) is 0 Å². The summed E-state index contributed by atoms with van der Waals surface area (Å²) in [6.45, 7) is 0.425. The molecule has 68 valence electrons. The number of alkyl halides is 2. The van der Waals surface area contributed by atoms with Crippen molar-refractivity contribution < 1.29 is 13.9 Å². The highest BCUT2D eigenvalue weighted by Gasteiger charge is 2.14. The second-order valence-corrected chi connectivity index (χ2v) is 2.75. The molecule has 2 nitrogen and oxygen atoms in total. The van der Waals surface area contributed by atoms with Crippen molar-refractivity contribution in [3.05, 3.63) is 0 Å². The van der Waals surface area contributed by atoms with Crippen LogP contribution in [0.3, 0.4) is 0 Å². The number of rotatable bonds is 0. The van der Waals surface area contributed by atoms with E-state index in [1.807, 2.05) is 0 Å². The maximum absolute atomic E-state index is 9.89. The average molecular weight is 167 g/mol. The van der Waals surface area contributed by atoms with Gasteiger partial charge in [0.05, 0.1) is 0 Å². The Hall–Kier alpha value is -0.220. The lowest BCUT2D eigenvalue weighted by Gasteiger charge is -2.12. The number of aliphatic hydroxyl groups excluding tert-OH is 1. The van der Waals surface area contributed by atoms with Gasteiger partial charge in [-0.1, -0.05) is 0 Å². The van der Waals surface area contributed by atoms with Crippen LogP contribution in [0.2, 0.25) is 0 Å². The van der Waals surface area contributed by atoms with E-state index in [4.69, 9.17) is 5.11 Å². The highest BCUT2D eigenvalue weighted by molar-refractivity contribution is 4.70. The van der Waals surface area contributed by atoms with Crippen molar-refractivity contribution in [3.63, 3.8) is 0 Å². The van der Waals surface area contributed by atoms with E-state index < -0.39 is 6.61 Å². The summed E-state index contributed by atoms with van der Waals surface area (Å²) in [7, 11) is 2.19. The monoisotopic (exact) mass is 167 g/mol. The van der Waals surface area contributed by atoms with E-state index in [2.05, 4.69) is 18.9 Å². The van der Waals surface area contributed by atoms with E-state index >= 15 is 0 Å². The van der Waals surface area contributed by atoms with Gasteiger partial charge in [0.25, 0.3) is 0 Å². The Kier molecular flexibility index (Phi) is 5.32. The highest BCUT2D eigenvalue weighted by atomic mass is 19.3. The maximum atomic E-state index is 9.89. The van der Waals surface area contributed by atoms with Gasteiger partial charge in [0.1, 0.15) is 0 Å². The SMILES string of the molecule is CC1CCCN1C.OC(F)F. The van der Waals surface area contributed by atoms with E-state index in [1.54, 1.807) is 0 Å². The molecular weight excluding hydrogens is 152 g/mol. The third kappa shape index (κ3) is 6.19. The van der Waals surface area contributed by atoms with Crippen LogP contribution in [0.5, 0.6) is 0 Å². The first kappa shape index (κ1) is 10.8. The van der Waals surface area contributed by atoms with Crippen molar-refractivity contribution in [3.8, 4) is 0 Å². The molecule has 0 spiro atoms. The predicted octanol–water partition coefficient (Wildman–Crippen LogP) is 1.30. The molecule has 0 aromatic carbocycles. The number of nitrogens with zero attached hydrogens (tertiary/aromatic N) is 1. The Morgan fingerprint density at radius 1 is 1.55 bits per heavy atom. The molecule has 1 saturated heterocycles. The molecule has 1 atom stereocenters. The van der Waals surface area contributed by atoms with Crippen LogP contribution < -0.4 is 0 Å². The number of halogens is 2. The molecule has 1 fully saturated rings. The number of aliphatic hydroxyl groups is 1. The Balaban J connectivity index is 0.000000218. The van der Waals surface area contributed by atoms with Gasteiger partial charge in [-0.05, 0) is 33.4 Å². The third-order valence-corrected chi connectivity index (χ3v) is 1.89. The van der Waals surface area contributed by atoms with Crippen molar-refractivity contribution in [1.82, 2.24) is 4.90 Å². The van der Waals surface area contributed by atoms with Crippen LogP contribution >= 0.6 is 0 Å². The van der Waals surface area contributed by atoms with Gasteiger partial charge in [0.15, 0.2) is 0 Å². The second-order valence-electron chi connectivity index (χ2n) is 2.75. The molecule has 0 amide bonds. The van der Waals surface area contributed by atoms with Gasteiger partial charge in [-0.2, -0.15) is 8.78 Å². The summed E-state index contributed by atoms with van der Waals surface area (Å²) in [5.74, 6) is 0. The Labute approximate surface area is 65.8 Å². The van der Waals surface area contributed by atoms with Gasteiger partial charge >= 0.3 is 6.61 Å². The van der Waals surface area contributed by atoms with Crippen molar-refractivity contribution in [2.24, 2.45) is 0 Å². The van der Waals surface area contributed by atoms with E-state index in [9.17, 15) is 8.78 Å². The summed E-state index contributed by atoms with van der Waals surface area (Å²) in [5, 5.41) is 6.72. The smallest absolute Gasteiger partial charge is 0.339 e. The summed E-state index contributed by atoms with van der Waals surface area (Å²) in [6, 6.07) is 0.847. The van der Waals surface area contributed by atoms with Gasteiger partial charge in [-0.25, -0.2) is 0 Å². The second kappa shape index (κ2) is 5.43. The Morgan fingerprint density at radius 2 is 2.00 bits per heavy atom. The molecule has 0 saturated carbocycles. The zero-order valence-electron chi connectivity index (χ0n) is 6.93.